The van der Waals surface area contributed by atoms with Crippen LogP contribution in [0.25, 0.3) is 0 Å². The molecule has 0 aliphatic carbocycles. The van der Waals surface area contributed by atoms with Gasteiger partial charge in [0.15, 0.2) is 0 Å². The molecule has 8 heteroatoms. The van der Waals surface area contributed by atoms with Crippen LogP contribution in [0.15, 0.2) is 42.0 Å². The Hall–Kier alpha value is -2.29. The Kier molecular flexibility index (Phi) is 6.22. The highest BCUT2D eigenvalue weighted by Crippen LogP contribution is 2.27. The van der Waals surface area contributed by atoms with Crippen molar-refractivity contribution in [3.63, 3.8) is 0 Å². The number of hydrogen-bond acceptors (Lipinski definition) is 6. The lowest BCUT2D eigenvalue weighted by Crippen LogP contribution is -2.52. The molecule has 7 nitrogen and oxygen atoms in total. The molecule has 2 aromatic rings. The quantitative estimate of drug-likeness (QED) is 0.775. The Bertz CT molecular complexity index is 822. The van der Waals surface area contributed by atoms with E-state index in [1.807, 2.05) is 34.5 Å². The second kappa shape index (κ2) is 9.02. The van der Waals surface area contributed by atoms with Crippen LogP contribution >= 0.6 is 11.3 Å². The van der Waals surface area contributed by atoms with E-state index >= 15 is 0 Å². The molecule has 29 heavy (non-hydrogen) atoms. The molecule has 2 aliphatic heterocycles. The van der Waals surface area contributed by atoms with Crippen molar-refractivity contribution in [2.45, 2.75) is 44.0 Å². The van der Waals surface area contributed by atoms with Crippen LogP contribution in [0.1, 0.15) is 34.5 Å². The topological polar surface area (TPSA) is 85.8 Å². The summed E-state index contributed by atoms with van der Waals surface area (Å²) >= 11 is 1.47. The largest absolute Gasteiger partial charge is 0.392 e. The number of nitrogens with zero attached hydrogens (tertiary/aromatic N) is 3. The highest BCUT2D eigenvalue weighted by Gasteiger charge is 2.41. The molecule has 2 aliphatic rings. The average molecular weight is 415 g/mol. The van der Waals surface area contributed by atoms with Crippen LogP contribution in [0, 0.1) is 0 Å². The first kappa shape index (κ1) is 20.0. The van der Waals surface area contributed by atoms with E-state index in [0.29, 0.717) is 32.6 Å². The zero-order chi connectivity index (χ0) is 20.2. The first-order valence-electron chi connectivity index (χ1n) is 10.0. The first-order chi connectivity index (χ1) is 14.1. The van der Waals surface area contributed by atoms with Gasteiger partial charge in [-0.2, -0.15) is 0 Å². The van der Waals surface area contributed by atoms with Crippen LogP contribution in [-0.4, -0.2) is 69.5 Å². The van der Waals surface area contributed by atoms with Crippen molar-refractivity contribution in [2.75, 3.05) is 19.6 Å². The molecule has 0 bridgehead atoms. The van der Waals surface area contributed by atoms with Crippen molar-refractivity contribution < 1.29 is 14.7 Å². The molecule has 0 saturated carbocycles. The zero-order valence-corrected chi connectivity index (χ0v) is 17.1. The number of β-amino-alcohol motifs (C(OH)–C–C–N with tert-alkyl or cyclic N) is 1. The number of thiophene rings is 1. The van der Waals surface area contributed by atoms with Gasteiger partial charge in [0.2, 0.25) is 5.91 Å². The molecule has 0 unspecified atom stereocenters. The van der Waals surface area contributed by atoms with Crippen molar-refractivity contribution >= 4 is 23.2 Å². The lowest BCUT2D eigenvalue weighted by atomic mass is 10.0. The summed E-state index contributed by atoms with van der Waals surface area (Å²) in [6.07, 6.45) is 5.03. The molecular weight excluding hydrogens is 388 g/mol. The van der Waals surface area contributed by atoms with Crippen LogP contribution in [-0.2, 0) is 11.3 Å². The molecule has 2 atom stereocenters. The van der Waals surface area contributed by atoms with E-state index in [4.69, 9.17) is 0 Å². The monoisotopic (exact) mass is 414 g/mol. The van der Waals surface area contributed by atoms with Gasteiger partial charge in [-0.25, -0.2) is 0 Å². The molecule has 4 heterocycles. The fourth-order valence-electron chi connectivity index (χ4n) is 4.27. The molecular formula is C21H26N4O3S. The van der Waals surface area contributed by atoms with Gasteiger partial charge >= 0.3 is 0 Å². The molecule has 2 N–H and O–H groups in total. The molecule has 2 amide bonds. The number of aliphatic hydroxyl groups excluding tert-OH is 1. The lowest BCUT2D eigenvalue weighted by molar-refractivity contribution is -0.126. The van der Waals surface area contributed by atoms with Gasteiger partial charge in [0.25, 0.3) is 5.91 Å². The normalized spacial score (nSPS) is 23.3. The molecule has 2 saturated heterocycles. The van der Waals surface area contributed by atoms with Crippen LogP contribution in [0.4, 0.5) is 0 Å². The molecule has 2 aromatic heterocycles. The summed E-state index contributed by atoms with van der Waals surface area (Å²) in [6.45, 7) is 2.30. The maximum Gasteiger partial charge on any atom is 0.263 e. The average Bonchev–Trinajstić information content (AvgIpc) is 3.42. The van der Waals surface area contributed by atoms with E-state index in [1.54, 1.807) is 12.4 Å². The van der Waals surface area contributed by atoms with Gasteiger partial charge in [0.1, 0.15) is 0 Å². The summed E-state index contributed by atoms with van der Waals surface area (Å²) in [5.74, 6) is 0.0353. The number of carbonyl (C=O) groups is 2. The summed E-state index contributed by atoms with van der Waals surface area (Å²) in [4.78, 5) is 34.2. The maximum absolute atomic E-state index is 12.8. The van der Waals surface area contributed by atoms with E-state index < -0.39 is 6.10 Å². The minimum atomic E-state index is -0.491. The van der Waals surface area contributed by atoms with Gasteiger partial charge in [-0.1, -0.05) is 12.1 Å². The number of piperidine rings is 1. The Morgan fingerprint density at radius 3 is 2.76 bits per heavy atom. The third-order valence-corrected chi connectivity index (χ3v) is 6.62. The fourth-order valence-corrected chi connectivity index (χ4v) is 4.96. The van der Waals surface area contributed by atoms with Gasteiger partial charge in [-0.3, -0.25) is 19.5 Å². The predicted octanol–water partition coefficient (Wildman–Crippen LogP) is 1.50. The van der Waals surface area contributed by atoms with Crippen molar-refractivity contribution in [1.82, 2.24) is 20.1 Å². The van der Waals surface area contributed by atoms with Crippen LogP contribution in [0.2, 0.25) is 0 Å². The smallest absolute Gasteiger partial charge is 0.263 e. The minimum Gasteiger partial charge on any atom is -0.392 e. The number of likely N-dealkylation sites (tertiary alicyclic amines) is 2. The van der Waals surface area contributed by atoms with Gasteiger partial charge in [0, 0.05) is 44.6 Å². The second-order valence-corrected chi connectivity index (χ2v) is 8.63. The fraction of sp³-hybridized carbons (Fsp3) is 0.476. The Morgan fingerprint density at radius 2 is 2.07 bits per heavy atom. The molecule has 154 valence electrons. The predicted molar refractivity (Wildman–Crippen MR) is 110 cm³/mol. The third-order valence-electron chi connectivity index (χ3n) is 5.76. The van der Waals surface area contributed by atoms with E-state index in [0.717, 1.165) is 23.3 Å². The number of rotatable bonds is 5. The summed E-state index contributed by atoms with van der Waals surface area (Å²) in [7, 11) is 0. The SMILES string of the molecule is O=C(NCc1cccnc1)[C@@H]1C[C@@H](O)CN1C1CCN(C(=O)c2cccs2)CC1. The first-order valence-corrected chi connectivity index (χ1v) is 10.9. The van der Waals surface area contributed by atoms with Gasteiger partial charge in [0.05, 0.1) is 17.0 Å². The van der Waals surface area contributed by atoms with E-state index in [-0.39, 0.29) is 23.9 Å². The molecule has 0 radical (unpaired) electrons. The number of carbonyl (C=O) groups excluding carboxylic acids is 2. The highest BCUT2D eigenvalue weighted by atomic mass is 32.1. The van der Waals surface area contributed by atoms with Crippen molar-refractivity contribution in [3.8, 4) is 0 Å². The molecule has 0 spiro atoms. The van der Waals surface area contributed by atoms with E-state index in [2.05, 4.69) is 15.2 Å². The summed E-state index contributed by atoms with van der Waals surface area (Å²) in [6, 6.07) is 7.40. The van der Waals surface area contributed by atoms with Gasteiger partial charge in [-0.15, -0.1) is 11.3 Å². The Balaban J connectivity index is 1.33. The standard InChI is InChI=1S/C21H26N4O3S/c26-17-11-18(20(27)23-13-15-3-1-7-22-12-15)25(14-17)16-5-8-24(9-6-16)21(28)19-4-2-10-29-19/h1-4,7,10,12,16-18,26H,5-6,8-9,11,13-14H2,(H,23,27)/t17-,18+/m1/s1. The number of nitrogens with one attached hydrogen (secondary N) is 1. The Labute approximate surface area is 174 Å². The number of aliphatic hydroxyl groups is 1. The van der Waals surface area contributed by atoms with Crippen molar-refractivity contribution in [1.29, 1.82) is 0 Å². The van der Waals surface area contributed by atoms with E-state index in [1.165, 1.54) is 11.3 Å². The van der Waals surface area contributed by atoms with Crippen LogP contribution in [0.5, 0.6) is 0 Å². The van der Waals surface area contributed by atoms with Crippen LogP contribution < -0.4 is 5.32 Å². The third kappa shape index (κ3) is 4.66. The highest BCUT2D eigenvalue weighted by molar-refractivity contribution is 7.12. The second-order valence-electron chi connectivity index (χ2n) is 7.68. The lowest BCUT2D eigenvalue weighted by Gasteiger charge is -2.38. The molecule has 2 fully saturated rings. The molecule has 4 rings (SSSR count). The van der Waals surface area contributed by atoms with E-state index in [9.17, 15) is 14.7 Å². The zero-order valence-electron chi connectivity index (χ0n) is 16.2. The van der Waals surface area contributed by atoms with Gasteiger partial charge in [-0.05, 0) is 42.3 Å². The van der Waals surface area contributed by atoms with Crippen molar-refractivity contribution in [3.05, 3.63) is 52.5 Å². The summed E-state index contributed by atoms with van der Waals surface area (Å²) < 4.78 is 0. The number of aromatic nitrogens is 1. The molecule has 0 aromatic carbocycles. The number of amides is 2. The minimum absolute atomic E-state index is 0.0532. The van der Waals surface area contributed by atoms with Crippen molar-refractivity contribution in [2.24, 2.45) is 0 Å². The number of hydrogen-bond donors (Lipinski definition) is 2. The summed E-state index contributed by atoms with van der Waals surface area (Å²) in [5.41, 5.74) is 0.950. The van der Waals surface area contributed by atoms with Crippen LogP contribution in [0.3, 0.4) is 0 Å². The number of pyridine rings is 1. The van der Waals surface area contributed by atoms with Gasteiger partial charge < -0.3 is 15.3 Å². The maximum atomic E-state index is 12.8. The Morgan fingerprint density at radius 1 is 1.24 bits per heavy atom. The summed E-state index contributed by atoms with van der Waals surface area (Å²) in [5, 5.41) is 15.1.